The molecule has 0 radical (unpaired) electrons. The molecule has 0 atom stereocenters. The van der Waals surface area contributed by atoms with Gasteiger partial charge in [0.2, 0.25) is 0 Å². The molecule has 22 heavy (non-hydrogen) atoms. The molecule has 0 bridgehead atoms. The Hall–Kier alpha value is -3.07. The van der Waals surface area contributed by atoms with Gasteiger partial charge >= 0.3 is 6.09 Å². The van der Waals surface area contributed by atoms with Gasteiger partial charge in [0.15, 0.2) is 0 Å². The van der Waals surface area contributed by atoms with Crippen LogP contribution in [0.3, 0.4) is 0 Å². The molecule has 1 amide bonds. The lowest BCUT2D eigenvalue weighted by molar-refractivity contribution is 0.187. The maximum atomic E-state index is 13.1. The third kappa shape index (κ3) is 3.96. The number of rotatable bonds is 4. The number of methoxy groups -OCH3 is 1. The van der Waals surface area contributed by atoms with E-state index in [-0.39, 0.29) is 5.56 Å². The molecule has 0 aliphatic heterocycles. The Kier molecular flexibility index (Phi) is 4.94. The van der Waals surface area contributed by atoms with E-state index in [1.165, 1.54) is 25.3 Å². The number of anilines is 2. The van der Waals surface area contributed by atoms with Crippen molar-refractivity contribution in [2.75, 3.05) is 17.7 Å². The third-order valence-corrected chi connectivity index (χ3v) is 2.97. The van der Waals surface area contributed by atoms with E-state index in [4.69, 9.17) is 5.26 Å². The van der Waals surface area contributed by atoms with Gasteiger partial charge in [0, 0.05) is 12.2 Å². The molecule has 6 heteroatoms. The Morgan fingerprint density at radius 2 is 2.00 bits per heavy atom. The Labute approximate surface area is 127 Å². The van der Waals surface area contributed by atoms with Crippen LogP contribution in [0.1, 0.15) is 11.1 Å². The van der Waals surface area contributed by atoms with Gasteiger partial charge in [0.25, 0.3) is 0 Å². The molecule has 2 N–H and O–H groups in total. The first kappa shape index (κ1) is 15.3. The minimum Gasteiger partial charge on any atom is -0.453 e. The molecule has 0 fully saturated rings. The second-order valence-electron chi connectivity index (χ2n) is 4.47. The quantitative estimate of drug-likeness (QED) is 0.906. The van der Waals surface area contributed by atoms with E-state index in [1.54, 1.807) is 12.1 Å². The van der Waals surface area contributed by atoms with Crippen molar-refractivity contribution in [3.8, 4) is 6.07 Å². The fourth-order valence-corrected chi connectivity index (χ4v) is 1.84. The van der Waals surface area contributed by atoms with E-state index in [2.05, 4.69) is 15.4 Å². The Balaban J connectivity index is 2.00. The maximum Gasteiger partial charge on any atom is 0.411 e. The predicted octanol–water partition coefficient (Wildman–Crippen LogP) is 3.49. The van der Waals surface area contributed by atoms with E-state index in [1.807, 2.05) is 18.2 Å². The fraction of sp³-hybridized carbons (Fsp3) is 0.125. The minimum absolute atomic E-state index is 0.254. The Morgan fingerprint density at radius 3 is 2.64 bits per heavy atom. The molecule has 2 aromatic rings. The summed E-state index contributed by atoms with van der Waals surface area (Å²) in [5, 5.41) is 14.6. The zero-order valence-electron chi connectivity index (χ0n) is 11.9. The summed E-state index contributed by atoms with van der Waals surface area (Å²) in [7, 11) is 1.29. The maximum absolute atomic E-state index is 13.1. The molecule has 0 unspecified atom stereocenters. The normalized spacial score (nSPS) is 9.68. The fourth-order valence-electron chi connectivity index (χ4n) is 1.84. The van der Waals surface area contributed by atoms with E-state index in [9.17, 15) is 9.18 Å². The third-order valence-electron chi connectivity index (χ3n) is 2.97. The first-order valence-corrected chi connectivity index (χ1v) is 6.50. The summed E-state index contributed by atoms with van der Waals surface area (Å²) in [6.07, 6.45) is -0.532. The van der Waals surface area contributed by atoms with Crippen molar-refractivity contribution >= 4 is 17.5 Å². The lowest BCUT2D eigenvalue weighted by Crippen LogP contribution is -2.10. The van der Waals surface area contributed by atoms with Gasteiger partial charge in [-0.05, 0) is 35.9 Å². The van der Waals surface area contributed by atoms with Gasteiger partial charge in [-0.25, -0.2) is 9.18 Å². The molecule has 0 heterocycles. The number of nitrogens with one attached hydrogen (secondary N) is 2. The number of benzene rings is 2. The molecule has 0 spiro atoms. The molecule has 2 aromatic carbocycles. The van der Waals surface area contributed by atoms with E-state index >= 15 is 0 Å². The van der Waals surface area contributed by atoms with Gasteiger partial charge in [0.05, 0.1) is 18.4 Å². The lowest BCUT2D eigenvalue weighted by atomic mass is 10.1. The smallest absolute Gasteiger partial charge is 0.411 e. The van der Waals surface area contributed by atoms with Crippen molar-refractivity contribution in [3.05, 3.63) is 59.4 Å². The number of amides is 1. The highest BCUT2D eigenvalue weighted by atomic mass is 19.1. The predicted molar refractivity (Wildman–Crippen MR) is 80.9 cm³/mol. The zero-order chi connectivity index (χ0) is 15.9. The van der Waals surface area contributed by atoms with Crippen molar-refractivity contribution in [1.82, 2.24) is 0 Å². The van der Waals surface area contributed by atoms with Gasteiger partial charge in [-0.15, -0.1) is 0 Å². The average Bonchev–Trinajstić information content (AvgIpc) is 2.54. The summed E-state index contributed by atoms with van der Waals surface area (Å²) in [5.41, 5.74) is 2.39. The first-order valence-electron chi connectivity index (χ1n) is 6.50. The van der Waals surface area contributed by atoms with Crippen molar-refractivity contribution in [1.29, 1.82) is 5.26 Å². The molecular formula is C16H14FN3O2. The number of carbonyl (C=O) groups excluding carboxylic acids is 1. The van der Waals surface area contributed by atoms with Crippen molar-refractivity contribution in [2.24, 2.45) is 0 Å². The molecule has 0 saturated carbocycles. The monoisotopic (exact) mass is 299 g/mol. The number of hydrogen-bond acceptors (Lipinski definition) is 4. The Bertz CT molecular complexity index is 708. The molecular weight excluding hydrogens is 285 g/mol. The van der Waals surface area contributed by atoms with E-state index < -0.39 is 11.9 Å². The SMILES string of the molecule is COC(=O)Nc1ccc(CNc2ccc(F)cc2C#N)cc1. The van der Waals surface area contributed by atoms with Crippen LogP contribution in [0.4, 0.5) is 20.6 Å². The van der Waals surface area contributed by atoms with Crippen LogP contribution < -0.4 is 10.6 Å². The number of carbonyl (C=O) groups is 1. The number of halogens is 1. The molecule has 2 rings (SSSR count). The molecule has 0 saturated heterocycles. The van der Waals surface area contributed by atoms with Gasteiger partial charge in [-0.3, -0.25) is 5.32 Å². The Morgan fingerprint density at radius 1 is 1.27 bits per heavy atom. The van der Waals surface area contributed by atoms with Crippen molar-refractivity contribution < 1.29 is 13.9 Å². The molecule has 112 valence electrons. The highest BCUT2D eigenvalue weighted by Crippen LogP contribution is 2.17. The highest BCUT2D eigenvalue weighted by Gasteiger charge is 2.04. The van der Waals surface area contributed by atoms with Gasteiger partial charge in [-0.2, -0.15) is 5.26 Å². The summed E-state index contributed by atoms with van der Waals surface area (Å²) in [6, 6.07) is 13.1. The van der Waals surface area contributed by atoms with Gasteiger partial charge in [-0.1, -0.05) is 12.1 Å². The van der Waals surface area contributed by atoms with Crippen LogP contribution in [0.25, 0.3) is 0 Å². The molecule has 0 aliphatic rings. The lowest BCUT2D eigenvalue weighted by Gasteiger charge is -2.09. The largest absolute Gasteiger partial charge is 0.453 e. The van der Waals surface area contributed by atoms with Gasteiger partial charge < -0.3 is 10.1 Å². The number of nitriles is 1. The highest BCUT2D eigenvalue weighted by molar-refractivity contribution is 5.84. The van der Waals surface area contributed by atoms with Crippen LogP contribution in [-0.2, 0) is 11.3 Å². The summed E-state index contributed by atoms with van der Waals surface area (Å²) in [6.45, 7) is 0.471. The van der Waals surface area contributed by atoms with Crippen LogP contribution in [0.5, 0.6) is 0 Å². The van der Waals surface area contributed by atoms with E-state index in [0.717, 1.165) is 5.56 Å². The van der Waals surface area contributed by atoms with Crippen LogP contribution in [0.2, 0.25) is 0 Å². The molecule has 0 aliphatic carbocycles. The number of ether oxygens (including phenoxy) is 1. The summed E-state index contributed by atoms with van der Waals surface area (Å²) < 4.78 is 17.6. The van der Waals surface area contributed by atoms with Crippen molar-refractivity contribution in [3.63, 3.8) is 0 Å². The first-order chi connectivity index (χ1) is 10.6. The standard InChI is InChI=1S/C16H14FN3O2/c1-22-16(21)20-14-5-2-11(3-6-14)10-19-15-7-4-13(17)8-12(15)9-18/h2-8,19H,10H2,1H3,(H,20,21). The second-order valence-corrected chi connectivity index (χ2v) is 4.47. The zero-order valence-corrected chi connectivity index (χ0v) is 11.9. The second kappa shape index (κ2) is 7.09. The molecule has 0 aromatic heterocycles. The summed E-state index contributed by atoms with van der Waals surface area (Å²) in [5.74, 6) is -0.444. The topological polar surface area (TPSA) is 74.2 Å². The summed E-state index contributed by atoms with van der Waals surface area (Å²) in [4.78, 5) is 11.1. The molecule has 5 nitrogen and oxygen atoms in total. The number of hydrogen-bond donors (Lipinski definition) is 2. The van der Waals surface area contributed by atoms with Crippen LogP contribution >= 0.6 is 0 Å². The number of nitrogens with zero attached hydrogens (tertiary/aromatic N) is 1. The van der Waals surface area contributed by atoms with Crippen LogP contribution in [0.15, 0.2) is 42.5 Å². The summed E-state index contributed by atoms with van der Waals surface area (Å²) >= 11 is 0. The van der Waals surface area contributed by atoms with Crippen LogP contribution in [-0.4, -0.2) is 13.2 Å². The van der Waals surface area contributed by atoms with E-state index in [0.29, 0.717) is 17.9 Å². The average molecular weight is 299 g/mol. The van der Waals surface area contributed by atoms with Gasteiger partial charge in [0.1, 0.15) is 11.9 Å². The van der Waals surface area contributed by atoms with Crippen LogP contribution in [0, 0.1) is 17.1 Å². The van der Waals surface area contributed by atoms with Crippen molar-refractivity contribution in [2.45, 2.75) is 6.54 Å². The minimum atomic E-state index is -0.532.